The Hall–Kier alpha value is -2.28. The SMILES string of the molecule is CCC(C(=O)NC1CCCC1)N(Cc1ccc(Cl)cc1Cl)C(=O)COc1ccc2ccccc2c1Br. The number of rotatable bonds is 9. The van der Waals surface area contributed by atoms with E-state index >= 15 is 0 Å². The Bertz CT molecular complexity index is 1250. The van der Waals surface area contributed by atoms with Gasteiger partial charge < -0.3 is 15.0 Å². The third kappa shape index (κ3) is 6.34. The molecule has 4 rings (SSSR count). The molecule has 36 heavy (non-hydrogen) atoms. The van der Waals surface area contributed by atoms with Crippen molar-refractivity contribution in [1.82, 2.24) is 10.2 Å². The lowest BCUT2D eigenvalue weighted by Crippen LogP contribution is -2.52. The third-order valence-electron chi connectivity index (χ3n) is 6.62. The molecule has 1 aliphatic rings. The van der Waals surface area contributed by atoms with Crippen molar-refractivity contribution in [1.29, 1.82) is 0 Å². The highest BCUT2D eigenvalue weighted by Gasteiger charge is 2.31. The number of amides is 2. The molecule has 8 heteroatoms. The molecule has 0 aromatic heterocycles. The van der Waals surface area contributed by atoms with Gasteiger partial charge in [-0.3, -0.25) is 9.59 Å². The van der Waals surface area contributed by atoms with E-state index in [9.17, 15) is 9.59 Å². The summed E-state index contributed by atoms with van der Waals surface area (Å²) < 4.78 is 6.74. The Balaban J connectivity index is 1.56. The van der Waals surface area contributed by atoms with Crippen molar-refractivity contribution in [3.8, 4) is 5.75 Å². The maximum absolute atomic E-state index is 13.6. The number of carbonyl (C=O) groups is 2. The van der Waals surface area contributed by atoms with Gasteiger partial charge in [-0.15, -0.1) is 0 Å². The Morgan fingerprint density at radius 2 is 1.86 bits per heavy atom. The molecule has 1 N–H and O–H groups in total. The number of nitrogens with one attached hydrogen (secondary N) is 1. The van der Waals surface area contributed by atoms with E-state index in [4.69, 9.17) is 27.9 Å². The summed E-state index contributed by atoms with van der Waals surface area (Å²) in [7, 11) is 0. The lowest BCUT2D eigenvalue weighted by Gasteiger charge is -2.31. The van der Waals surface area contributed by atoms with Crippen molar-refractivity contribution in [3.63, 3.8) is 0 Å². The van der Waals surface area contributed by atoms with Gasteiger partial charge in [0.1, 0.15) is 11.8 Å². The first-order chi connectivity index (χ1) is 17.4. The van der Waals surface area contributed by atoms with Crippen LogP contribution in [0.5, 0.6) is 5.75 Å². The summed E-state index contributed by atoms with van der Waals surface area (Å²) in [6.07, 6.45) is 4.63. The second-order valence-electron chi connectivity index (χ2n) is 9.06. The van der Waals surface area contributed by atoms with E-state index in [2.05, 4.69) is 21.2 Å². The zero-order valence-electron chi connectivity index (χ0n) is 20.1. The van der Waals surface area contributed by atoms with E-state index in [0.717, 1.165) is 40.9 Å². The average Bonchev–Trinajstić information content (AvgIpc) is 3.38. The van der Waals surface area contributed by atoms with Crippen LogP contribution >= 0.6 is 39.1 Å². The van der Waals surface area contributed by atoms with Crippen molar-refractivity contribution in [3.05, 3.63) is 74.7 Å². The van der Waals surface area contributed by atoms with Gasteiger partial charge in [-0.05, 0) is 69.7 Å². The van der Waals surface area contributed by atoms with Crippen LogP contribution in [-0.4, -0.2) is 35.4 Å². The predicted octanol–water partition coefficient (Wildman–Crippen LogP) is 7.15. The van der Waals surface area contributed by atoms with Crippen LogP contribution in [-0.2, 0) is 16.1 Å². The van der Waals surface area contributed by atoms with Crippen LogP contribution in [0.1, 0.15) is 44.6 Å². The molecule has 0 bridgehead atoms. The normalized spacial score (nSPS) is 14.6. The van der Waals surface area contributed by atoms with Crippen LogP contribution in [0.3, 0.4) is 0 Å². The van der Waals surface area contributed by atoms with Gasteiger partial charge in [0.05, 0.1) is 4.47 Å². The zero-order chi connectivity index (χ0) is 25.7. The summed E-state index contributed by atoms with van der Waals surface area (Å²) >= 11 is 16.1. The number of nitrogens with zero attached hydrogens (tertiary/aromatic N) is 1. The number of halogens is 3. The first-order valence-electron chi connectivity index (χ1n) is 12.2. The van der Waals surface area contributed by atoms with Crippen LogP contribution in [0.25, 0.3) is 10.8 Å². The van der Waals surface area contributed by atoms with Crippen LogP contribution < -0.4 is 10.1 Å². The molecule has 2 amide bonds. The number of carbonyl (C=O) groups excluding carboxylic acids is 2. The highest BCUT2D eigenvalue weighted by molar-refractivity contribution is 9.10. The van der Waals surface area contributed by atoms with Crippen LogP contribution in [0.15, 0.2) is 59.1 Å². The Morgan fingerprint density at radius 3 is 2.58 bits per heavy atom. The highest BCUT2D eigenvalue weighted by atomic mass is 79.9. The van der Waals surface area contributed by atoms with Crippen molar-refractivity contribution in [2.24, 2.45) is 0 Å². The number of ether oxygens (including phenoxy) is 1. The molecule has 1 aliphatic carbocycles. The molecule has 5 nitrogen and oxygen atoms in total. The third-order valence-corrected chi connectivity index (χ3v) is 8.03. The van der Waals surface area contributed by atoms with Gasteiger partial charge in [-0.2, -0.15) is 0 Å². The largest absolute Gasteiger partial charge is 0.483 e. The lowest BCUT2D eigenvalue weighted by atomic mass is 10.1. The number of hydrogen-bond donors (Lipinski definition) is 1. The smallest absolute Gasteiger partial charge is 0.261 e. The van der Waals surface area contributed by atoms with Crippen LogP contribution in [0.2, 0.25) is 10.0 Å². The summed E-state index contributed by atoms with van der Waals surface area (Å²) in [5.74, 6) is 0.124. The van der Waals surface area contributed by atoms with Gasteiger partial charge in [0.25, 0.3) is 5.91 Å². The van der Waals surface area contributed by atoms with Crippen molar-refractivity contribution < 1.29 is 14.3 Å². The second-order valence-corrected chi connectivity index (χ2v) is 10.7. The highest BCUT2D eigenvalue weighted by Crippen LogP contribution is 2.33. The molecular weight excluding hydrogens is 563 g/mol. The second kappa shape index (κ2) is 12.3. The van der Waals surface area contributed by atoms with E-state index in [-0.39, 0.29) is 31.0 Å². The molecule has 1 fully saturated rings. The van der Waals surface area contributed by atoms with E-state index in [0.29, 0.717) is 27.8 Å². The first-order valence-corrected chi connectivity index (χ1v) is 13.8. The number of fused-ring (bicyclic) bond motifs is 1. The molecule has 0 aliphatic heterocycles. The molecule has 3 aromatic rings. The number of benzene rings is 3. The fourth-order valence-corrected chi connectivity index (χ4v) is 5.74. The molecule has 1 unspecified atom stereocenters. The topological polar surface area (TPSA) is 58.6 Å². The maximum Gasteiger partial charge on any atom is 0.261 e. The van der Waals surface area contributed by atoms with Gasteiger partial charge in [0.15, 0.2) is 6.61 Å². The minimum atomic E-state index is -0.645. The van der Waals surface area contributed by atoms with E-state index in [1.165, 1.54) is 0 Å². The van der Waals surface area contributed by atoms with Gasteiger partial charge in [0, 0.05) is 22.6 Å². The maximum atomic E-state index is 13.6. The summed E-state index contributed by atoms with van der Waals surface area (Å²) in [6, 6.07) is 16.4. The summed E-state index contributed by atoms with van der Waals surface area (Å²) in [4.78, 5) is 28.4. The molecule has 190 valence electrons. The first kappa shape index (κ1) is 26.8. The fourth-order valence-electron chi connectivity index (χ4n) is 4.67. The molecular formula is C28H29BrCl2N2O3. The monoisotopic (exact) mass is 590 g/mol. The van der Waals surface area contributed by atoms with Crippen molar-refractivity contribution in [2.45, 2.75) is 57.7 Å². The van der Waals surface area contributed by atoms with Gasteiger partial charge >= 0.3 is 0 Å². The van der Waals surface area contributed by atoms with Gasteiger partial charge in [-0.1, -0.05) is 79.4 Å². The average molecular weight is 592 g/mol. The Labute approximate surface area is 230 Å². The van der Waals surface area contributed by atoms with E-state index in [1.807, 2.05) is 43.3 Å². The lowest BCUT2D eigenvalue weighted by molar-refractivity contribution is -0.143. The quantitative estimate of drug-likeness (QED) is 0.287. The molecule has 1 atom stereocenters. The summed E-state index contributed by atoms with van der Waals surface area (Å²) in [6.45, 7) is 1.87. The molecule has 1 saturated carbocycles. The van der Waals surface area contributed by atoms with E-state index in [1.54, 1.807) is 23.1 Å². The molecule has 3 aromatic carbocycles. The fraction of sp³-hybridized carbons (Fsp3) is 0.357. The Morgan fingerprint density at radius 1 is 1.11 bits per heavy atom. The molecule has 0 saturated heterocycles. The van der Waals surface area contributed by atoms with Crippen LogP contribution in [0, 0.1) is 0 Å². The van der Waals surface area contributed by atoms with Gasteiger partial charge in [-0.25, -0.2) is 0 Å². The molecule has 0 spiro atoms. The van der Waals surface area contributed by atoms with Crippen molar-refractivity contribution in [2.75, 3.05) is 6.61 Å². The van der Waals surface area contributed by atoms with Crippen molar-refractivity contribution >= 4 is 61.7 Å². The predicted molar refractivity (Wildman–Crippen MR) is 149 cm³/mol. The Kier molecular flexibility index (Phi) is 9.15. The van der Waals surface area contributed by atoms with Gasteiger partial charge in [0.2, 0.25) is 5.91 Å². The standard InChI is InChI=1S/C28H29BrCl2N2O3/c1-2-24(28(35)32-21-8-4-5-9-21)33(16-19-11-13-20(30)15-23(19)31)26(34)17-36-25-14-12-18-7-3-6-10-22(18)27(25)29/h3,6-7,10-15,21,24H,2,4-5,8-9,16-17H2,1H3,(H,32,35). The summed E-state index contributed by atoms with van der Waals surface area (Å²) in [5.41, 5.74) is 0.716. The minimum absolute atomic E-state index is 0.144. The molecule has 0 radical (unpaired) electrons. The zero-order valence-corrected chi connectivity index (χ0v) is 23.2. The molecule has 0 heterocycles. The van der Waals surface area contributed by atoms with Crippen LogP contribution in [0.4, 0.5) is 0 Å². The van der Waals surface area contributed by atoms with E-state index < -0.39 is 6.04 Å². The minimum Gasteiger partial charge on any atom is -0.483 e. The number of hydrogen-bond acceptors (Lipinski definition) is 3. The summed E-state index contributed by atoms with van der Waals surface area (Å²) in [5, 5.41) is 6.16.